The highest BCUT2D eigenvalue weighted by molar-refractivity contribution is 8.01. The molecule has 0 unspecified atom stereocenters. The van der Waals surface area contributed by atoms with Gasteiger partial charge in [-0.3, -0.25) is 4.79 Å². The lowest BCUT2D eigenvalue weighted by Gasteiger charge is -2.21. The van der Waals surface area contributed by atoms with Gasteiger partial charge in [0.2, 0.25) is 5.91 Å². The normalized spacial score (nSPS) is 10.9. The maximum absolute atomic E-state index is 12.6. The van der Waals surface area contributed by atoms with E-state index >= 15 is 0 Å². The number of carbonyl (C=O) groups is 1. The van der Waals surface area contributed by atoms with Crippen molar-refractivity contribution in [3.63, 3.8) is 0 Å². The Hall–Kier alpha value is -1.85. The molecule has 0 fully saturated rings. The number of rotatable bonds is 5. The molecule has 0 N–H and O–H groups in total. The Morgan fingerprint density at radius 1 is 1.22 bits per heavy atom. The van der Waals surface area contributed by atoms with Crippen LogP contribution in [0.15, 0.2) is 52.9 Å². The number of nitrogens with zero attached hydrogens (tertiary/aromatic N) is 2. The molecular formula is C18H18N2OS2. The second-order valence-corrected chi connectivity index (χ2v) is 7.47. The maximum Gasteiger partial charge on any atom is 0.237 e. The van der Waals surface area contributed by atoms with E-state index in [1.165, 1.54) is 11.8 Å². The van der Waals surface area contributed by atoms with Crippen LogP contribution in [0.1, 0.15) is 12.5 Å². The van der Waals surface area contributed by atoms with Gasteiger partial charge < -0.3 is 4.90 Å². The Balaban J connectivity index is 1.70. The Kier molecular flexibility index (Phi) is 4.98. The number of fused-ring (bicyclic) bond motifs is 1. The summed E-state index contributed by atoms with van der Waals surface area (Å²) in [6.07, 6.45) is 0. The molecule has 0 aliphatic heterocycles. The zero-order valence-electron chi connectivity index (χ0n) is 13.2. The number of amides is 1. The van der Waals surface area contributed by atoms with Crippen LogP contribution in [0.25, 0.3) is 10.2 Å². The molecule has 0 spiro atoms. The number of benzene rings is 2. The summed E-state index contributed by atoms with van der Waals surface area (Å²) in [6, 6.07) is 16.1. The van der Waals surface area contributed by atoms with Crippen LogP contribution in [0.2, 0.25) is 0 Å². The van der Waals surface area contributed by atoms with Gasteiger partial charge in [-0.25, -0.2) is 4.98 Å². The fourth-order valence-electron chi connectivity index (χ4n) is 2.41. The lowest BCUT2D eigenvalue weighted by molar-refractivity contribution is -0.116. The molecule has 0 saturated carbocycles. The van der Waals surface area contributed by atoms with E-state index < -0.39 is 0 Å². The van der Waals surface area contributed by atoms with Crippen LogP contribution in [0.5, 0.6) is 0 Å². The second kappa shape index (κ2) is 7.15. The third kappa shape index (κ3) is 3.74. The summed E-state index contributed by atoms with van der Waals surface area (Å²) in [5.41, 5.74) is 3.12. The molecule has 0 atom stereocenters. The molecule has 0 radical (unpaired) electrons. The summed E-state index contributed by atoms with van der Waals surface area (Å²) in [5.74, 6) is 0.518. The molecule has 3 aromatic rings. The number of hydrogen-bond acceptors (Lipinski definition) is 4. The van der Waals surface area contributed by atoms with E-state index in [2.05, 4.69) is 11.1 Å². The highest BCUT2D eigenvalue weighted by Gasteiger charge is 2.15. The molecule has 23 heavy (non-hydrogen) atoms. The maximum atomic E-state index is 12.6. The first-order valence-corrected chi connectivity index (χ1v) is 9.33. The predicted octanol–water partition coefficient (Wildman–Crippen LogP) is 4.75. The van der Waals surface area contributed by atoms with Gasteiger partial charge in [-0.05, 0) is 43.7 Å². The first-order valence-electron chi connectivity index (χ1n) is 7.53. The standard InChI is InChI=1S/C18H18N2OS2/c1-3-20(14-8-6-7-13(2)11-14)17(21)12-22-18-19-15-9-4-5-10-16(15)23-18/h4-11H,3,12H2,1-2H3. The van der Waals surface area contributed by atoms with Gasteiger partial charge in [-0.15, -0.1) is 11.3 Å². The van der Waals surface area contributed by atoms with Gasteiger partial charge in [0.25, 0.3) is 0 Å². The fraction of sp³-hybridized carbons (Fsp3) is 0.222. The predicted molar refractivity (Wildman–Crippen MR) is 99.6 cm³/mol. The van der Waals surface area contributed by atoms with Crippen LogP contribution in [-0.2, 0) is 4.79 Å². The molecular weight excluding hydrogens is 324 g/mol. The summed E-state index contributed by atoms with van der Waals surface area (Å²) in [4.78, 5) is 19.0. The molecule has 0 aliphatic rings. The molecule has 1 heterocycles. The van der Waals surface area contributed by atoms with Crippen LogP contribution in [0.4, 0.5) is 5.69 Å². The van der Waals surface area contributed by atoms with E-state index in [0.29, 0.717) is 12.3 Å². The highest BCUT2D eigenvalue weighted by Crippen LogP contribution is 2.29. The third-order valence-electron chi connectivity index (χ3n) is 3.52. The minimum Gasteiger partial charge on any atom is -0.312 e. The fourth-order valence-corrected chi connectivity index (χ4v) is 4.36. The number of para-hydroxylation sites is 1. The van der Waals surface area contributed by atoms with E-state index in [1.807, 2.05) is 61.2 Å². The van der Waals surface area contributed by atoms with Crippen molar-refractivity contribution in [1.29, 1.82) is 0 Å². The molecule has 0 aliphatic carbocycles. The number of aryl methyl sites for hydroxylation is 1. The Bertz CT molecular complexity index is 796. The summed E-state index contributed by atoms with van der Waals surface area (Å²) in [5, 5.41) is 0. The van der Waals surface area contributed by atoms with Gasteiger partial charge in [0.05, 0.1) is 16.0 Å². The number of anilines is 1. The minimum absolute atomic E-state index is 0.113. The van der Waals surface area contributed by atoms with Crippen molar-refractivity contribution in [1.82, 2.24) is 4.98 Å². The minimum atomic E-state index is 0.113. The lowest BCUT2D eigenvalue weighted by Crippen LogP contribution is -2.32. The number of thiazole rings is 1. The summed E-state index contributed by atoms with van der Waals surface area (Å²) in [7, 11) is 0. The first kappa shape index (κ1) is 16.0. The molecule has 3 nitrogen and oxygen atoms in total. The summed E-state index contributed by atoms with van der Waals surface area (Å²) in [6.45, 7) is 4.71. The van der Waals surface area contributed by atoms with Crippen molar-refractivity contribution in [3.05, 3.63) is 54.1 Å². The Morgan fingerprint density at radius 3 is 2.78 bits per heavy atom. The van der Waals surface area contributed by atoms with E-state index in [-0.39, 0.29) is 5.91 Å². The molecule has 1 aromatic heterocycles. The smallest absolute Gasteiger partial charge is 0.237 e. The van der Waals surface area contributed by atoms with Gasteiger partial charge in [-0.1, -0.05) is 36.0 Å². The molecule has 3 rings (SSSR count). The monoisotopic (exact) mass is 342 g/mol. The van der Waals surface area contributed by atoms with E-state index in [0.717, 1.165) is 25.8 Å². The summed E-state index contributed by atoms with van der Waals surface area (Å²) >= 11 is 3.15. The molecule has 118 valence electrons. The zero-order valence-corrected chi connectivity index (χ0v) is 14.8. The van der Waals surface area contributed by atoms with Crippen molar-refractivity contribution in [3.8, 4) is 0 Å². The van der Waals surface area contributed by atoms with Crippen LogP contribution in [0, 0.1) is 6.92 Å². The van der Waals surface area contributed by atoms with Crippen LogP contribution >= 0.6 is 23.1 Å². The molecule has 1 amide bonds. The Labute approximate surface area is 144 Å². The average Bonchev–Trinajstić information content (AvgIpc) is 2.96. The largest absolute Gasteiger partial charge is 0.312 e. The van der Waals surface area contributed by atoms with Gasteiger partial charge in [0, 0.05) is 12.2 Å². The summed E-state index contributed by atoms with van der Waals surface area (Å²) < 4.78 is 2.10. The van der Waals surface area contributed by atoms with Crippen molar-refractivity contribution in [2.24, 2.45) is 0 Å². The van der Waals surface area contributed by atoms with E-state index in [9.17, 15) is 4.79 Å². The third-order valence-corrected chi connectivity index (χ3v) is 5.69. The van der Waals surface area contributed by atoms with Crippen LogP contribution in [0.3, 0.4) is 0 Å². The van der Waals surface area contributed by atoms with Gasteiger partial charge in [0.1, 0.15) is 0 Å². The number of carbonyl (C=O) groups excluding carboxylic acids is 1. The molecule has 0 saturated heterocycles. The van der Waals surface area contributed by atoms with Gasteiger partial charge in [0.15, 0.2) is 4.34 Å². The van der Waals surface area contributed by atoms with Crippen molar-refractivity contribution < 1.29 is 4.79 Å². The lowest BCUT2D eigenvalue weighted by atomic mass is 10.2. The molecule has 0 bridgehead atoms. The van der Waals surface area contributed by atoms with Gasteiger partial charge in [-0.2, -0.15) is 0 Å². The highest BCUT2D eigenvalue weighted by atomic mass is 32.2. The SMILES string of the molecule is CCN(C(=O)CSc1nc2ccccc2s1)c1cccc(C)c1. The van der Waals surface area contributed by atoms with E-state index in [1.54, 1.807) is 11.3 Å². The van der Waals surface area contributed by atoms with E-state index in [4.69, 9.17) is 0 Å². The van der Waals surface area contributed by atoms with Crippen LogP contribution < -0.4 is 4.90 Å². The quantitative estimate of drug-likeness (QED) is 0.627. The Morgan fingerprint density at radius 2 is 2.04 bits per heavy atom. The number of hydrogen-bond donors (Lipinski definition) is 0. The number of aromatic nitrogens is 1. The van der Waals surface area contributed by atoms with Gasteiger partial charge >= 0.3 is 0 Å². The average molecular weight is 342 g/mol. The second-order valence-electron chi connectivity index (χ2n) is 5.21. The molecule has 5 heteroatoms. The van der Waals surface area contributed by atoms with Crippen molar-refractivity contribution in [2.75, 3.05) is 17.2 Å². The van der Waals surface area contributed by atoms with Crippen LogP contribution in [-0.4, -0.2) is 23.2 Å². The first-order chi connectivity index (χ1) is 11.2. The van der Waals surface area contributed by atoms with Crippen molar-refractivity contribution >= 4 is 44.9 Å². The number of thioether (sulfide) groups is 1. The van der Waals surface area contributed by atoms with Crippen molar-refractivity contribution in [2.45, 2.75) is 18.2 Å². The molecule has 2 aromatic carbocycles. The zero-order chi connectivity index (χ0) is 16.2. The topological polar surface area (TPSA) is 33.2 Å².